The number of carbonyl (C=O) groups is 1. The average Bonchev–Trinajstić information content (AvgIpc) is 3.46. The number of nitrogens with zero attached hydrogens (tertiary/aromatic N) is 3. The molecule has 1 N–H and O–H groups in total. The predicted octanol–water partition coefficient (Wildman–Crippen LogP) is 5.36. The summed E-state index contributed by atoms with van der Waals surface area (Å²) >= 11 is 1.60. The van der Waals surface area contributed by atoms with Gasteiger partial charge in [0.1, 0.15) is 0 Å². The Hall–Kier alpha value is -3.19. The Balaban J connectivity index is 1.31. The second-order valence-corrected chi connectivity index (χ2v) is 7.98. The van der Waals surface area contributed by atoms with E-state index >= 15 is 0 Å². The number of urea groups is 1. The molecule has 0 saturated carbocycles. The van der Waals surface area contributed by atoms with Gasteiger partial charge in [0.25, 0.3) is 0 Å². The number of rotatable bonds is 3. The molecule has 146 valence electrons. The van der Waals surface area contributed by atoms with Crippen LogP contribution in [0.1, 0.15) is 24.7 Å². The Labute approximate surface area is 172 Å². The molecule has 7 heteroatoms. The van der Waals surface area contributed by atoms with Crippen LogP contribution in [0.5, 0.6) is 0 Å². The molecular formula is C22H20N4O2S. The van der Waals surface area contributed by atoms with Crippen molar-refractivity contribution in [1.82, 2.24) is 15.1 Å². The van der Waals surface area contributed by atoms with Crippen molar-refractivity contribution in [3.8, 4) is 11.5 Å². The highest BCUT2D eigenvalue weighted by molar-refractivity contribution is 7.08. The largest absolute Gasteiger partial charge is 0.420 e. The summed E-state index contributed by atoms with van der Waals surface area (Å²) in [6.45, 7) is 1.29. The van der Waals surface area contributed by atoms with Crippen molar-refractivity contribution in [3.63, 3.8) is 0 Å². The molecule has 29 heavy (non-hydrogen) atoms. The maximum Gasteiger partial charge on any atom is 0.321 e. The fourth-order valence-corrected chi connectivity index (χ4v) is 4.42. The van der Waals surface area contributed by atoms with E-state index in [-0.39, 0.29) is 11.9 Å². The normalized spacial score (nSPS) is 16.8. The number of hydrogen-bond acceptors (Lipinski definition) is 5. The van der Waals surface area contributed by atoms with Crippen LogP contribution in [0.15, 0.2) is 63.7 Å². The zero-order valence-electron chi connectivity index (χ0n) is 15.7. The summed E-state index contributed by atoms with van der Waals surface area (Å²) in [6, 6.07) is 15.9. The molecule has 4 aromatic rings. The minimum atomic E-state index is -0.0939. The monoisotopic (exact) mass is 404 g/mol. The van der Waals surface area contributed by atoms with E-state index in [2.05, 4.69) is 15.5 Å². The zero-order valence-corrected chi connectivity index (χ0v) is 16.6. The third kappa shape index (κ3) is 3.61. The van der Waals surface area contributed by atoms with Crippen LogP contribution in [-0.2, 0) is 0 Å². The fourth-order valence-electron chi connectivity index (χ4n) is 3.79. The van der Waals surface area contributed by atoms with Gasteiger partial charge in [0.05, 0.1) is 11.6 Å². The van der Waals surface area contributed by atoms with Gasteiger partial charge >= 0.3 is 6.03 Å². The molecule has 0 radical (unpaired) electrons. The SMILES string of the molecule is O=C(Nc1cccc2ccccc12)N1CCCC(c2nnc(-c3ccsc3)o2)C1. The number of likely N-dealkylation sites (tertiary alicyclic amines) is 1. The molecule has 1 saturated heterocycles. The van der Waals surface area contributed by atoms with Crippen molar-refractivity contribution in [2.75, 3.05) is 18.4 Å². The Morgan fingerprint density at radius 2 is 2.03 bits per heavy atom. The van der Waals surface area contributed by atoms with Crippen molar-refractivity contribution in [1.29, 1.82) is 0 Å². The highest BCUT2D eigenvalue weighted by atomic mass is 32.1. The van der Waals surface area contributed by atoms with Crippen molar-refractivity contribution < 1.29 is 9.21 Å². The van der Waals surface area contributed by atoms with Crippen molar-refractivity contribution in [3.05, 3.63) is 65.2 Å². The molecule has 2 aromatic carbocycles. The van der Waals surface area contributed by atoms with Crippen LogP contribution < -0.4 is 5.32 Å². The molecule has 3 heterocycles. The number of anilines is 1. The van der Waals surface area contributed by atoms with Gasteiger partial charge in [0.2, 0.25) is 11.8 Å². The number of hydrogen-bond donors (Lipinski definition) is 1. The van der Waals surface area contributed by atoms with E-state index in [9.17, 15) is 4.79 Å². The lowest BCUT2D eigenvalue weighted by atomic mass is 9.98. The summed E-state index contributed by atoms with van der Waals surface area (Å²) in [5.41, 5.74) is 1.77. The first-order chi connectivity index (χ1) is 14.3. The lowest BCUT2D eigenvalue weighted by Crippen LogP contribution is -2.41. The Kier molecular flexibility index (Phi) is 4.73. The van der Waals surface area contributed by atoms with Gasteiger partial charge in [-0.25, -0.2) is 4.79 Å². The summed E-state index contributed by atoms with van der Waals surface area (Å²) in [5.74, 6) is 1.20. The minimum absolute atomic E-state index is 0.0573. The number of amides is 2. The van der Waals surface area contributed by atoms with Gasteiger partial charge in [0, 0.05) is 29.4 Å². The highest BCUT2D eigenvalue weighted by Crippen LogP contribution is 2.30. The number of benzene rings is 2. The number of thiophene rings is 1. The van der Waals surface area contributed by atoms with Crippen LogP contribution in [-0.4, -0.2) is 34.2 Å². The van der Waals surface area contributed by atoms with Crippen LogP contribution in [0.3, 0.4) is 0 Å². The van der Waals surface area contributed by atoms with Gasteiger partial charge in [0.15, 0.2) is 0 Å². The van der Waals surface area contributed by atoms with Gasteiger partial charge in [-0.1, -0.05) is 36.4 Å². The van der Waals surface area contributed by atoms with Gasteiger partial charge in [-0.2, -0.15) is 11.3 Å². The topological polar surface area (TPSA) is 71.3 Å². The van der Waals surface area contributed by atoms with E-state index in [0.717, 1.165) is 41.4 Å². The molecule has 0 aliphatic carbocycles. The Bertz CT molecular complexity index is 1130. The molecule has 2 aromatic heterocycles. The number of fused-ring (bicyclic) bond motifs is 1. The maximum atomic E-state index is 12.9. The lowest BCUT2D eigenvalue weighted by molar-refractivity contribution is 0.187. The first kappa shape index (κ1) is 17.9. The standard InChI is InChI=1S/C22H20N4O2S/c27-22(23-19-9-3-6-15-5-1-2-8-18(15)19)26-11-4-7-16(13-26)20-24-25-21(28-20)17-10-12-29-14-17/h1-3,5-6,8-10,12,14,16H,4,7,11,13H2,(H,23,27). The Morgan fingerprint density at radius 1 is 1.14 bits per heavy atom. The molecule has 0 bridgehead atoms. The van der Waals surface area contributed by atoms with E-state index in [1.54, 1.807) is 11.3 Å². The van der Waals surface area contributed by atoms with E-state index in [4.69, 9.17) is 4.42 Å². The van der Waals surface area contributed by atoms with E-state index in [1.165, 1.54) is 0 Å². The smallest absolute Gasteiger partial charge is 0.321 e. The second-order valence-electron chi connectivity index (χ2n) is 7.20. The predicted molar refractivity (Wildman–Crippen MR) is 114 cm³/mol. The maximum absolute atomic E-state index is 12.9. The first-order valence-corrected chi connectivity index (χ1v) is 10.6. The second kappa shape index (κ2) is 7.67. The number of nitrogens with one attached hydrogen (secondary N) is 1. The Morgan fingerprint density at radius 3 is 2.93 bits per heavy atom. The van der Waals surface area contributed by atoms with Crippen molar-refractivity contribution in [2.45, 2.75) is 18.8 Å². The third-order valence-corrected chi connectivity index (χ3v) is 5.98. The summed E-state index contributed by atoms with van der Waals surface area (Å²) in [7, 11) is 0. The summed E-state index contributed by atoms with van der Waals surface area (Å²) in [4.78, 5) is 14.8. The average molecular weight is 404 g/mol. The molecule has 1 fully saturated rings. The number of carbonyl (C=O) groups excluding carboxylic acids is 1. The summed E-state index contributed by atoms with van der Waals surface area (Å²) < 4.78 is 5.90. The van der Waals surface area contributed by atoms with Crippen molar-refractivity contribution in [2.24, 2.45) is 0 Å². The third-order valence-electron chi connectivity index (χ3n) is 5.30. The molecular weight excluding hydrogens is 384 g/mol. The van der Waals surface area contributed by atoms with Crippen LogP contribution in [0, 0.1) is 0 Å². The van der Waals surface area contributed by atoms with Crippen LogP contribution in [0.2, 0.25) is 0 Å². The molecule has 1 aliphatic heterocycles. The van der Waals surface area contributed by atoms with Crippen LogP contribution in [0.4, 0.5) is 10.5 Å². The van der Waals surface area contributed by atoms with Gasteiger partial charge in [-0.15, -0.1) is 10.2 Å². The van der Waals surface area contributed by atoms with Crippen LogP contribution in [0.25, 0.3) is 22.2 Å². The molecule has 1 aliphatic rings. The molecule has 5 rings (SSSR count). The van der Waals surface area contributed by atoms with Crippen molar-refractivity contribution >= 4 is 33.8 Å². The molecule has 1 unspecified atom stereocenters. The molecule has 2 amide bonds. The molecule has 0 spiro atoms. The quantitative estimate of drug-likeness (QED) is 0.499. The van der Waals surface area contributed by atoms with Gasteiger partial charge in [-0.3, -0.25) is 0 Å². The van der Waals surface area contributed by atoms with Gasteiger partial charge < -0.3 is 14.6 Å². The van der Waals surface area contributed by atoms with Crippen LogP contribution >= 0.6 is 11.3 Å². The lowest BCUT2D eigenvalue weighted by Gasteiger charge is -2.31. The minimum Gasteiger partial charge on any atom is -0.420 e. The molecule has 6 nitrogen and oxygen atoms in total. The fraction of sp³-hybridized carbons (Fsp3) is 0.227. The first-order valence-electron chi connectivity index (χ1n) is 9.67. The summed E-state index contributed by atoms with van der Waals surface area (Å²) in [6.07, 6.45) is 1.84. The number of piperidine rings is 1. The molecule has 1 atom stereocenters. The van der Waals surface area contributed by atoms with E-state index < -0.39 is 0 Å². The van der Waals surface area contributed by atoms with E-state index in [1.807, 2.05) is 64.2 Å². The van der Waals surface area contributed by atoms with E-state index in [0.29, 0.717) is 18.3 Å². The highest BCUT2D eigenvalue weighted by Gasteiger charge is 2.29. The zero-order chi connectivity index (χ0) is 19.6. The van der Waals surface area contributed by atoms with Gasteiger partial charge in [-0.05, 0) is 35.7 Å². The number of aromatic nitrogens is 2. The summed E-state index contributed by atoms with van der Waals surface area (Å²) in [5, 5.41) is 17.6.